The summed E-state index contributed by atoms with van der Waals surface area (Å²) in [5, 5.41) is 10.8. The fraction of sp³-hybridized carbons (Fsp3) is 0.174. The first-order chi connectivity index (χ1) is 14.9. The van der Waals surface area contributed by atoms with Gasteiger partial charge in [0.25, 0.3) is 0 Å². The molecule has 0 saturated heterocycles. The largest absolute Gasteiger partial charge is 0.387 e. The average molecular weight is 504 g/mol. The highest BCUT2D eigenvalue weighted by Gasteiger charge is 2.20. The maximum Gasteiger partial charge on any atom is 0.339 e. The van der Waals surface area contributed by atoms with Gasteiger partial charge in [-0.15, -0.1) is 0 Å². The molecule has 1 amide bonds. The van der Waals surface area contributed by atoms with Crippen LogP contribution < -0.4 is 4.18 Å². The second-order valence-corrected chi connectivity index (χ2v) is 8.94. The Kier molecular flexibility index (Phi) is 7.84. The Balaban J connectivity index is 1.68. The summed E-state index contributed by atoms with van der Waals surface area (Å²) in [6.45, 7) is 0.473. The van der Waals surface area contributed by atoms with Crippen LogP contribution in [0.15, 0.2) is 89.8 Å². The molecule has 162 valence electrons. The molecule has 0 aliphatic heterocycles. The minimum atomic E-state index is -3.94. The van der Waals surface area contributed by atoms with E-state index in [1.807, 2.05) is 30.3 Å². The summed E-state index contributed by atoms with van der Waals surface area (Å²) in [6, 6.07) is 23.5. The van der Waals surface area contributed by atoms with Gasteiger partial charge in [-0.25, -0.2) is 0 Å². The van der Waals surface area contributed by atoms with E-state index in [9.17, 15) is 18.3 Å². The number of hydrogen-bond acceptors (Lipinski definition) is 5. The second-order valence-electron chi connectivity index (χ2n) is 6.83. The molecule has 6 nitrogen and oxygen atoms in total. The lowest BCUT2D eigenvalue weighted by atomic mass is 10.1. The van der Waals surface area contributed by atoms with E-state index in [1.54, 1.807) is 35.2 Å². The Morgan fingerprint density at radius 2 is 1.52 bits per heavy atom. The van der Waals surface area contributed by atoms with Crippen LogP contribution >= 0.6 is 15.9 Å². The lowest BCUT2D eigenvalue weighted by Crippen LogP contribution is -2.35. The van der Waals surface area contributed by atoms with Crippen molar-refractivity contribution in [3.05, 3.63) is 96.1 Å². The van der Waals surface area contributed by atoms with Crippen LogP contribution in [0.25, 0.3) is 0 Å². The van der Waals surface area contributed by atoms with Crippen molar-refractivity contribution in [1.82, 2.24) is 4.90 Å². The Hall–Kier alpha value is -2.68. The highest BCUT2D eigenvalue weighted by atomic mass is 79.9. The quantitative estimate of drug-likeness (QED) is 0.353. The molecule has 3 rings (SSSR count). The summed E-state index contributed by atoms with van der Waals surface area (Å²) in [6.07, 6.45) is -0.938. The highest BCUT2D eigenvalue weighted by molar-refractivity contribution is 9.09. The lowest BCUT2D eigenvalue weighted by molar-refractivity contribution is -0.130. The third-order valence-corrected chi connectivity index (χ3v) is 6.32. The monoisotopic (exact) mass is 503 g/mol. The molecule has 0 spiro atoms. The van der Waals surface area contributed by atoms with Gasteiger partial charge in [0.2, 0.25) is 5.91 Å². The number of amides is 1. The van der Waals surface area contributed by atoms with Gasteiger partial charge in [0.05, 0.1) is 18.0 Å². The van der Waals surface area contributed by atoms with Crippen molar-refractivity contribution in [2.24, 2.45) is 0 Å². The Labute approximate surface area is 190 Å². The van der Waals surface area contributed by atoms with Gasteiger partial charge >= 0.3 is 10.1 Å². The number of hydrogen-bond donors (Lipinski definition) is 1. The number of carbonyl (C=O) groups excluding carboxylic acids is 1. The van der Waals surface area contributed by atoms with Crippen LogP contribution in [0.1, 0.15) is 17.2 Å². The fourth-order valence-corrected chi connectivity index (χ4v) is 4.27. The second kappa shape index (κ2) is 10.6. The minimum absolute atomic E-state index is 0.0592. The number of carbonyl (C=O) groups is 1. The number of nitrogens with zero attached hydrogens (tertiary/aromatic N) is 1. The van der Waals surface area contributed by atoms with Gasteiger partial charge in [-0.2, -0.15) is 8.42 Å². The van der Waals surface area contributed by atoms with E-state index in [1.165, 1.54) is 24.3 Å². The van der Waals surface area contributed by atoms with Crippen LogP contribution in [-0.4, -0.2) is 36.2 Å². The lowest BCUT2D eigenvalue weighted by Gasteiger charge is -2.25. The Morgan fingerprint density at radius 3 is 2.10 bits per heavy atom. The number of aliphatic hydroxyl groups excluding tert-OH is 1. The first-order valence-electron chi connectivity index (χ1n) is 9.54. The van der Waals surface area contributed by atoms with E-state index in [2.05, 4.69) is 15.9 Å². The molecular weight excluding hydrogens is 482 g/mol. The van der Waals surface area contributed by atoms with Crippen molar-refractivity contribution in [2.45, 2.75) is 17.5 Å². The molecule has 3 aromatic rings. The molecule has 0 unspecified atom stereocenters. The van der Waals surface area contributed by atoms with E-state index in [0.717, 1.165) is 5.56 Å². The maximum absolute atomic E-state index is 12.3. The molecule has 0 radical (unpaired) electrons. The summed E-state index contributed by atoms with van der Waals surface area (Å²) in [4.78, 5) is 13.9. The molecule has 0 aliphatic rings. The Morgan fingerprint density at radius 1 is 0.935 bits per heavy atom. The van der Waals surface area contributed by atoms with E-state index in [-0.39, 0.29) is 28.4 Å². The van der Waals surface area contributed by atoms with Gasteiger partial charge in [0.1, 0.15) is 10.6 Å². The minimum Gasteiger partial charge on any atom is -0.387 e. The van der Waals surface area contributed by atoms with E-state index in [0.29, 0.717) is 12.1 Å². The van der Waals surface area contributed by atoms with Gasteiger partial charge in [-0.05, 0) is 35.4 Å². The van der Waals surface area contributed by atoms with Crippen LogP contribution in [0.3, 0.4) is 0 Å². The molecule has 0 fully saturated rings. The molecule has 3 aromatic carbocycles. The number of rotatable bonds is 9. The number of halogens is 1. The summed E-state index contributed by atoms with van der Waals surface area (Å²) in [5.74, 6) is -0.00529. The fourth-order valence-electron chi connectivity index (χ4n) is 2.96. The van der Waals surface area contributed by atoms with Crippen molar-refractivity contribution >= 4 is 32.0 Å². The molecule has 8 heteroatoms. The molecule has 1 atom stereocenters. The topological polar surface area (TPSA) is 83.9 Å². The molecule has 0 aromatic heterocycles. The zero-order valence-corrected chi connectivity index (χ0v) is 19.0. The molecule has 1 N–H and O–H groups in total. The smallest absolute Gasteiger partial charge is 0.339 e. The number of alkyl halides is 1. The summed E-state index contributed by atoms with van der Waals surface area (Å²) in [7, 11) is -3.94. The highest BCUT2D eigenvalue weighted by Crippen LogP contribution is 2.23. The van der Waals surface area contributed by atoms with Crippen LogP contribution in [0.5, 0.6) is 5.75 Å². The predicted molar refractivity (Wildman–Crippen MR) is 121 cm³/mol. The van der Waals surface area contributed by atoms with Crippen LogP contribution in [0.4, 0.5) is 0 Å². The normalized spacial score (nSPS) is 12.2. The first kappa shape index (κ1) is 23.0. The number of benzene rings is 3. The van der Waals surface area contributed by atoms with Gasteiger partial charge in [-0.1, -0.05) is 76.6 Å². The average Bonchev–Trinajstić information content (AvgIpc) is 2.79. The predicted octanol–water partition coefficient (Wildman–Crippen LogP) is 3.91. The molecule has 0 saturated carbocycles. The molecule has 0 aliphatic carbocycles. The van der Waals surface area contributed by atoms with E-state index >= 15 is 0 Å². The third kappa shape index (κ3) is 6.40. The van der Waals surface area contributed by atoms with Gasteiger partial charge < -0.3 is 14.2 Å². The Bertz CT molecular complexity index is 1090. The number of aliphatic hydroxyl groups is 1. The standard InChI is InChI=1S/C23H22BrNO5S/c24-15-23(27)25(16-18-7-3-1-4-8-18)17-22(26)19-11-13-20(14-12-19)30-31(28,29)21-9-5-2-6-10-21/h1-14,22,26H,15-17H2/t22-/m0/s1. The zero-order valence-electron chi connectivity index (χ0n) is 16.6. The summed E-state index contributed by atoms with van der Waals surface area (Å²) in [5.41, 5.74) is 1.50. The van der Waals surface area contributed by atoms with E-state index in [4.69, 9.17) is 4.18 Å². The van der Waals surface area contributed by atoms with Crippen LogP contribution in [0, 0.1) is 0 Å². The SMILES string of the molecule is O=C(CBr)N(Cc1ccccc1)C[C@H](O)c1ccc(OS(=O)(=O)c2ccccc2)cc1. The van der Waals surface area contributed by atoms with Crippen LogP contribution in [0.2, 0.25) is 0 Å². The first-order valence-corrected chi connectivity index (χ1v) is 12.1. The molecular formula is C23H22BrNO5S. The summed E-state index contributed by atoms with van der Waals surface area (Å²) < 4.78 is 29.8. The van der Waals surface area contributed by atoms with Crippen LogP contribution in [-0.2, 0) is 21.5 Å². The molecule has 0 bridgehead atoms. The van der Waals surface area contributed by atoms with Crippen molar-refractivity contribution in [3.63, 3.8) is 0 Å². The maximum atomic E-state index is 12.3. The molecule has 31 heavy (non-hydrogen) atoms. The van der Waals surface area contributed by atoms with Crippen molar-refractivity contribution in [2.75, 3.05) is 11.9 Å². The van der Waals surface area contributed by atoms with Crippen molar-refractivity contribution in [3.8, 4) is 5.75 Å². The van der Waals surface area contributed by atoms with Gasteiger partial charge in [0, 0.05) is 6.54 Å². The summed E-state index contributed by atoms with van der Waals surface area (Å²) >= 11 is 3.19. The van der Waals surface area contributed by atoms with Gasteiger partial charge in [0.15, 0.2) is 0 Å². The van der Waals surface area contributed by atoms with Gasteiger partial charge in [-0.3, -0.25) is 4.79 Å². The zero-order chi connectivity index (χ0) is 22.3. The van der Waals surface area contributed by atoms with E-state index < -0.39 is 16.2 Å². The van der Waals surface area contributed by atoms with Crippen molar-refractivity contribution in [1.29, 1.82) is 0 Å². The van der Waals surface area contributed by atoms with Crippen molar-refractivity contribution < 1.29 is 22.5 Å². The molecule has 0 heterocycles. The third-order valence-electron chi connectivity index (χ3n) is 4.58.